The molecule has 1 heterocycles. The Bertz CT molecular complexity index is 717. The summed E-state index contributed by atoms with van der Waals surface area (Å²) in [6.45, 7) is 2.09. The van der Waals surface area contributed by atoms with Gasteiger partial charge in [-0.3, -0.25) is 0 Å². The minimum atomic E-state index is 0.523. The van der Waals surface area contributed by atoms with Crippen molar-refractivity contribution >= 4 is 0 Å². The lowest BCUT2D eigenvalue weighted by atomic mass is 10.0. The smallest absolute Gasteiger partial charge is 0.232 e. The van der Waals surface area contributed by atoms with Gasteiger partial charge in [0.15, 0.2) is 0 Å². The van der Waals surface area contributed by atoms with Gasteiger partial charge in [-0.2, -0.15) is 0 Å². The molecule has 104 valence electrons. The molecule has 0 saturated carbocycles. The van der Waals surface area contributed by atoms with Crippen LogP contribution in [0.1, 0.15) is 5.56 Å². The van der Waals surface area contributed by atoms with Crippen molar-refractivity contribution in [2.24, 2.45) is 0 Å². The number of hydrogen-bond acceptors (Lipinski definition) is 3. The highest BCUT2D eigenvalue weighted by Crippen LogP contribution is 2.24. The van der Waals surface area contributed by atoms with Gasteiger partial charge in [0.05, 0.1) is 25.2 Å². The van der Waals surface area contributed by atoms with Gasteiger partial charge in [0.1, 0.15) is 0 Å². The molecule has 3 nitrogen and oxygen atoms in total. The summed E-state index contributed by atoms with van der Waals surface area (Å²) >= 11 is 0. The van der Waals surface area contributed by atoms with E-state index in [0.29, 0.717) is 5.88 Å². The van der Waals surface area contributed by atoms with E-state index in [9.17, 15) is 0 Å². The van der Waals surface area contributed by atoms with Crippen LogP contribution in [-0.4, -0.2) is 17.1 Å². The van der Waals surface area contributed by atoms with Gasteiger partial charge in [-0.25, -0.2) is 9.97 Å². The molecule has 0 N–H and O–H groups in total. The maximum Gasteiger partial charge on any atom is 0.232 e. The largest absolute Gasteiger partial charge is 0.480 e. The summed E-state index contributed by atoms with van der Waals surface area (Å²) in [5.74, 6) is 0.523. The number of aryl methyl sites for hydroxylation is 1. The molecule has 0 aliphatic rings. The minimum absolute atomic E-state index is 0.523. The molecular formula is C18H16N2O. The zero-order chi connectivity index (χ0) is 14.7. The summed E-state index contributed by atoms with van der Waals surface area (Å²) in [4.78, 5) is 8.53. The average molecular weight is 276 g/mol. The van der Waals surface area contributed by atoms with E-state index in [2.05, 4.69) is 65.4 Å². The van der Waals surface area contributed by atoms with E-state index in [4.69, 9.17) is 4.74 Å². The molecule has 0 radical (unpaired) electrons. The van der Waals surface area contributed by atoms with E-state index in [0.717, 1.165) is 11.3 Å². The number of hydrogen-bond donors (Lipinski definition) is 0. The first-order valence-corrected chi connectivity index (χ1v) is 6.80. The second-order valence-corrected chi connectivity index (χ2v) is 4.89. The highest BCUT2D eigenvalue weighted by Gasteiger charge is 2.02. The average Bonchev–Trinajstić information content (AvgIpc) is 2.56. The van der Waals surface area contributed by atoms with E-state index in [-0.39, 0.29) is 0 Å². The lowest BCUT2D eigenvalue weighted by Gasteiger charge is -2.05. The van der Waals surface area contributed by atoms with Gasteiger partial charge < -0.3 is 4.74 Å². The lowest BCUT2D eigenvalue weighted by Crippen LogP contribution is -1.90. The van der Waals surface area contributed by atoms with Crippen LogP contribution < -0.4 is 4.74 Å². The van der Waals surface area contributed by atoms with Gasteiger partial charge in [-0.1, -0.05) is 54.1 Å². The summed E-state index contributed by atoms with van der Waals surface area (Å²) < 4.78 is 5.02. The maximum absolute atomic E-state index is 5.02. The van der Waals surface area contributed by atoms with Crippen LogP contribution >= 0.6 is 0 Å². The molecule has 0 amide bonds. The van der Waals surface area contributed by atoms with Crippen molar-refractivity contribution in [1.82, 2.24) is 9.97 Å². The highest BCUT2D eigenvalue weighted by atomic mass is 16.5. The number of aromatic nitrogens is 2. The monoisotopic (exact) mass is 276 g/mol. The third-order valence-electron chi connectivity index (χ3n) is 3.40. The molecule has 2 aromatic carbocycles. The molecule has 0 bridgehead atoms. The van der Waals surface area contributed by atoms with Crippen LogP contribution in [0.2, 0.25) is 0 Å². The third-order valence-corrected chi connectivity index (χ3v) is 3.40. The van der Waals surface area contributed by atoms with Gasteiger partial charge in [0.25, 0.3) is 0 Å². The Kier molecular flexibility index (Phi) is 3.65. The number of benzene rings is 2. The molecule has 0 fully saturated rings. The van der Waals surface area contributed by atoms with E-state index < -0.39 is 0 Å². The van der Waals surface area contributed by atoms with E-state index in [1.165, 1.54) is 16.7 Å². The summed E-state index contributed by atoms with van der Waals surface area (Å²) in [7, 11) is 1.58. The van der Waals surface area contributed by atoms with Crippen molar-refractivity contribution in [2.45, 2.75) is 6.92 Å². The first-order valence-electron chi connectivity index (χ1n) is 6.80. The Morgan fingerprint density at radius 3 is 1.81 bits per heavy atom. The van der Waals surface area contributed by atoms with E-state index in [1.54, 1.807) is 19.5 Å². The van der Waals surface area contributed by atoms with Crippen LogP contribution in [0, 0.1) is 6.92 Å². The molecule has 0 aliphatic heterocycles. The molecule has 21 heavy (non-hydrogen) atoms. The SMILES string of the molecule is COc1cnc(-c2ccc(-c3ccc(C)cc3)cc2)cn1. The number of nitrogens with zero attached hydrogens (tertiary/aromatic N) is 2. The molecule has 3 rings (SSSR count). The Hall–Kier alpha value is -2.68. The van der Waals surface area contributed by atoms with Gasteiger partial charge in [0.2, 0.25) is 5.88 Å². The quantitative estimate of drug-likeness (QED) is 0.721. The Morgan fingerprint density at radius 1 is 0.714 bits per heavy atom. The minimum Gasteiger partial charge on any atom is -0.480 e. The topological polar surface area (TPSA) is 35.0 Å². The lowest BCUT2D eigenvalue weighted by molar-refractivity contribution is 0.396. The van der Waals surface area contributed by atoms with Crippen LogP contribution in [0.5, 0.6) is 5.88 Å². The summed E-state index contributed by atoms with van der Waals surface area (Å²) in [5, 5.41) is 0. The second kappa shape index (κ2) is 5.75. The second-order valence-electron chi connectivity index (χ2n) is 4.89. The number of methoxy groups -OCH3 is 1. The van der Waals surface area contributed by atoms with Gasteiger partial charge in [0, 0.05) is 5.56 Å². The van der Waals surface area contributed by atoms with Crippen molar-refractivity contribution in [3.63, 3.8) is 0 Å². The third kappa shape index (κ3) is 2.92. The predicted molar refractivity (Wildman–Crippen MR) is 84.2 cm³/mol. The Labute approximate surface area is 124 Å². The molecule has 3 aromatic rings. The Morgan fingerprint density at radius 2 is 1.29 bits per heavy atom. The van der Waals surface area contributed by atoms with Crippen LogP contribution in [0.3, 0.4) is 0 Å². The molecule has 0 atom stereocenters. The van der Waals surface area contributed by atoms with Crippen molar-refractivity contribution < 1.29 is 4.74 Å². The van der Waals surface area contributed by atoms with Crippen molar-refractivity contribution in [3.05, 3.63) is 66.5 Å². The van der Waals surface area contributed by atoms with Gasteiger partial charge in [-0.15, -0.1) is 0 Å². The van der Waals surface area contributed by atoms with Gasteiger partial charge in [-0.05, 0) is 18.1 Å². The van der Waals surface area contributed by atoms with Crippen LogP contribution in [0.4, 0.5) is 0 Å². The summed E-state index contributed by atoms with van der Waals surface area (Å²) in [6, 6.07) is 16.8. The molecule has 1 aromatic heterocycles. The predicted octanol–water partition coefficient (Wildman–Crippen LogP) is 4.13. The standard InChI is InChI=1S/C18H16N2O/c1-13-3-5-14(6-4-13)15-7-9-16(10-8-15)17-11-20-18(21-2)12-19-17/h3-12H,1-2H3. The zero-order valence-electron chi connectivity index (χ0n) is 12.1. The number of rotatable bonds is 3. The van der Waals surface area contributed by atoms with Crippen molar-refractivity contribution in [1.29, 1.82) is 0 Å². The number of ether oxygens (including phenoxy) is 1. The van der Waals surface area contributed by atoms with Crippen LogP contribution in [-0.2, 0) is 0 Å². The first kappa shape index (κ1) is 13.3. The highest BCUT2D eigenvalue weighted by molar-refractivity contribution is 5.68. The molecule has 0 aliphatic carbocycles. The Balaban J connectivity index is 1.87. The first-order chi connectivity index (χ1) is 10.3. The fourth-order valence-corrected chi connectivity index (χ4v) is 2.15. The molecule has 0 spiro atoms. The fraction of sp³-hybridized carbons (Fsp3) is 0.111. The van der Waals surface area contributed by atoms with Gasteiger partial charge >= 0.3 is 0 Å². The summed E-state index contributed by atoms with van der Waals surface area (Å²) in [5.41, 5.74) is 5.56. The summed E-state index contributed by atoms with van der Waals surface area (Å²) in [6.07, 6.45) is 3.35. The normalized spacial score (nSPS) is 10.4. The van der Waals surface area contributed by atoms with Crippen LogP contribution in [0.25, 0.3) is 22.4 Å². The molecule has 3 heteroatoms. The fourth-order valence-electron chi connectivity index (χ4n) is 2.15. The van der Waals surface area contributed by atoms with E-state index >= 15 is 0 Å². The van der Waals surface area contributed by atoms with Crippen LogP contribution in [0.15, 0.2) is 60.9 Å². The van der Waals surface area contributed by atoms with E-state index in [1.807, 2.05) is 0 Å². The molecular weight excluding hydrogens is 260 g/mol. The maximum atomic E-state index is 5.02. The zero-order valence-corrected chi connectivity index (χ0v) is 12.1. The molecule has 0 saturated heterocycles. The molecule has 0 unspecified atom stereocenters. The van der Waals surface area contributed by atoms with Crippen molar-refractivity contribution in [2.75, 3.05) is 7.11 Å². The van der Waals surface area contributed by atoms with Crippen molar-refractivity contribution in [3.8, 4) is 28.3 Å².